The third-order valence-electron chi connectivity index (χ3n) is 3.49. The van der Waals surface area contributed by atoms with E-state index in [2.05, 4.69) is 6.07 Å². The summed E-state index contributed by atoms with van der Waals surface area (Å²) in [5.74, 6) is -2.55. The molecule has 0 saturated carbocycles. The first-order valence-corrected chi connectivity index (χ1v) is 6.90. The summed E-state index contributed by atoms with van der Waals surface area (Å²) >= 11 is 0. The number of hydrogen-bond donors (Lipinski definition) is 1. The van der Waals surface area contributed by atoms with Crippen LogP contribution in [-0.2, 0) is 12.3 Å². The van der Waals surface area contributed by atoms with E-state index >= 15 is 0 Å². The molecule has 1 rings (SSSR count). The highest BCUT2D eigenvalue weighted by Gasteiger charge is 2.28. The zero-order chi connectivity index (χ0) is 14.8. The van der Waals surface area contributed by atoms with Gasteiger partial charge in [-0.05, 0) is 55.4 Å². The molecule has 1 atom stereocenters. The summed E-state index contributed by atoms with van der Waals surface area (Å²) in [5, 5.41) is 0. The highest BCUT2D eigenvalue weighted by molar-refractivity contribution is 5.42. The van der Waals surface area contributed by atoms with Gasteiger partial charge in [0.15, 0.2) is 0 Å². The van der Waals surface area contributed by atoms with E-state index in [1.807, 2.05) is 20.8 Å². The van der Waals surface area contributed by atoms with Gasteiger partial charge in [0.1, 0.15) is 0 Å². The molecule has 19 heavy (non-hydrogen) atoms. The zero-order valence-corrected chi connectivity index (χ0v) is 12.6. The lowest BCUT2D eigenvalue weighted by atomic mass is 9.88. The average Bonchev–Trinajstić information content (AvgIpc) is 2.25. The Morgan fingerprint density at radius 2 is 1.79 bits per heavy atom. The summed E-state index contributed by atoms with van der Waals surface area (Å²) in [6, 6.07) is 3.79. The van der Waals surface area contributed by atoms with Crippen LogP contribution in [-0.4, -0.2) is 6.04 Å². The maximum Gasteiger partial charge on any atom is 0.270 e. The number of alkyl halides is 2. The van der Waals surface area contributed by atoms with Gasteiger partial charge in [0.05, 0.1) is 0 Å². The Kier molecular flexibility index (Phi) is 5.08. The van der Waals surface area contributed by atoms with Crippen molar-refractivity contribution in [3.05, 3.63) is 34.4 Å². The minimum absolute atomic E-state index is 0.0920. The monoisotopic (exact) mass is 269 g/mol. The van der Waals surface area contributed by atoms with Crippen molar-refractivity contribution in [1.29, 1.82) is 0 Å². The average molecular weight is 269 g/mol. The third kappa shape index (κ3) is 4.27. The van der Waals surface area contributed by atoms with Crippen LogP contribution in [0.15, 0.2) is 12.1 Å². The van der Waals surface area contributed by atoms with E-state index < -0.39 is 5.92 Å². The van der Waals surface area contributed by atoms with Gasteiger partial charge in [0.25, 0.3) is 5.92 Å². The van der Waals surface area contributed by atoms with Crippen molar-refractivity contribution in [3.63, 3.8) is 0 Å². The van der Waals surface area contributed by atoms with Crippen molar-refractivity contribution < 1.29 is 8.78 Å². The molecule has 1 aromatic rings. The highest BCUT2D eigenvalue weighted by Crippen LogP contribution is 2.34. The van der Waals surface area contributed by atoms with Gasteiger partial charge in [-0.1, -0.05) is 19.9 Å². The van der Waals surface area contributed by atoms with E-state index in [1.165, 1.54) is 0 Å². The number of nitrogens with two attached hydrogens (primary N) is 1. The van der Waals surface area contributed by atoms with Crippen LogP contribution in [0.4, 0.5) is 8.78 Å². The van der Waals surface area contributed by atoms with Crippen molar-refractivity contribution in [3.8, 4) is 0 Å². The Morgan fingerprint density at radius 3 is 2.21 bits per heavy atom. The van der Waals surface area contributed by atoms with Crippen LogP contribution < -0.4 is 5.73 Å². The maximum absolute atomic E-state index is 13.7. The van der Waals surface area contributed by atoms with Gasteiger partial charge in [-0.3, -0.25) is 0 Å². The Hall–Kier alpha value is -0.960. The molecule has 0 saturated heterocycles. The molecule has 0 bridgehead atoms. The molecular weight excluding hydrogens is 244 g/mol. The lowest BCUT2D eigenvalue weighted by Crippen LogP contribution is -2.16. The topological polar surface area (TPSA) is 26.0 Å². The summed E-state index contributed by atoms with van der Waals surface area (Å²) in [7, 11) is 0. The Balaban J connectivity index is 3.24. The van der Waals surface area contributed by atoms with E-state index in [9.17, 15) is 8.78 Å². The third-order valence-corrected chi connectivity index (χ3v) is 3.49. The zero-order valence-electron chi connectivity index (χ0n) is 12.6. The molecule has 0 amide bonds. The molecule has 0 aliphatic rings. The molecule has 3 heteroatoms. The maximum atomic E-state index is 13.7. The fourth-order valence-corrected chi connectivity index (χ4v) is 2.39. The molecule has 0 fully saturated rings. The summed E-state index contributed by atoms with van der Waals surface area (Å²) < 4.78 is 27.4. The van der Waals surface area contributed by atoms with Crippen LogP contribution >= 0.6 is 0 Å². The van der Waals surface area contributed by atoms with Gasteiger partial charge in [-0.25, -0.2) is 8.78 Å². The number of benzene rings is 1. The van der Waals surface area contributed by atoms with E-state index in [0.717, 1.165) is 30.9 Å². The van der Waals surface area contributed by atoms with Crippen LogP contribution in [0.3, 0.4) is 0 Å². The number of halogens is 2. The molecule has 0 unspecified atom stereocenters. The van der Waals surface area contributed by atoms with Crippen molar-refractivity contribution in [2.75, 3.05) is 0 Å². The minimum Gasteiger partial charge on any atom is -0.328 e. The predicted molar refractivity (Wildman–Crippen MR) is 76.8 cm³/mol. The Labute approximate surface area is 115 Å². The lowest BCUT2D eigenvalue weighted by Gasteiger charge is -2.21. The van der Waals surface area contributed by atoms with Gasteiger partial charge < -0.3 is 5.73 Å². The molecule has 0 aromatic heterocycles. The first-order chi connectivity index (χ1) is 8.62. The van der Waals surface area contributed by atoms with Gasteiger partial charge in [0.2, 0.25) is 0 Å². The van der Waals surface area contributed by atoms with Crippen LogP contribution in [0.1, 0.15) is 62.3 Å². The number of rotatable bonds is 5. The largest absolute Gasteiger partial charge is 0.328 e. The second-order valence-corrected chi connectivity index (χ2v) is 5.92. The van der Waals surface area contributed by atoms with Gasteiger partial charge in [-0.2, -0.15) is 0 Å². The summed E-state index contributed by atoms with van der Waals surface area (Å²) in [6.07, 6.45) is 1.57. The first kappa shape index (κ1) is 16.1. The number of hydrogen-bond acceptors (Lipinski definition) is 1. The van der Waals surface area contributed by atoms with Gasteiger partial charge in [0, 0.05) is 18.5 Å². The molecule has 0 aliphatic carbocycles. The van der Waals surface area contributed by atoms with Gasteiger partial charge >= 0.3 is 0 Å². The van der Waals surface area contributed by atoms with Crippen molar-refractivity contribution >= 4 is 0 Å². The van der Waals surface area contributed by atoms with E-state index in [4.69, 9.17) is 5.73 Å². The first-order valence-electron chi connectivity index (χ1n) is 6.90. The highest BCUT2D eigenvalue weighted by atomic mass is 19.3. The fourth-order valence-electron chi connectivity index (χ4n) is 2.39. The number of aryl methyl sites for hydroxylation is 1. The molecule has 0 aliphatic heterocycles. The summed E-state index contributed by atoms with van der Waals surface area (Å²) in [5.41, 5.74) is 8.58. The smallest absolute Gasteiger partial charge is 0.270 e. The predicted octanol–water partition coefficient (Wildman–Crippen LogP) is 4.51. The lowest BCUT2D eigenvalue weighted by molar-refractivity contribution is 0.0166. The Morgan fingerprint density at radius 1 is 1.21 bits per heavy atom. The van der Waals surface area contributed by atoms with Gasteiger partial charge in [-0.15, -0.1) is 0 Å². The minimum atomic E-state index is -2.79. The molecular formula is C16H25F2N. The molecule has 1 nitrogen and oxygen atoms in total. The molecule has 0 spiro atoms. The summed E-state index contributed by atoms with van der Waals surface area (Å²) in [4.78, 5) is 0. The van der Waals surface area contributed by atoms with E-state index in [-0.39, 0.29) is 17.5 Å². The normalized spacial score (nSPS) is 13.9. The van der Waals surface area contributed by atoms with E-state index in [1.54, 1.807) is 13.0 Å². The van der Waals surface area contributed by atoms with Crippen LogP contribution in [0.5, 0.6) is 0 Å². The Bertz CT molecular complexity index is 431. The van der Waals surface area contributed by atoms with Crippen LogP contribution in [0, 0.1) is 6.92 Å². The van der Waals surface area contributed by atoms with Crippen molar-refractivity contribution in [2.45, 2.75) is 65.3 Å². The molecule has 0 heterocycles. The fraction of sp³-hybridized carbons (Fsp3) is 0.625. The standard InChI is InChI=1S/C16H25F2N/c1-10(2)14-8-13(7-6-11(3)19)9-15(12(14)4)16(5,17)18/h8-11H,6-7,19H2,1-5H3/t11-/m0/s1. The van der Waals surface area contributed by atoms with Crippen LogP contribution in [0.25, 0.3) is 0 Å². The second-order valence-electron chi connectivity index (χ2n) is 5.92. The summed E-state index contributed by atoms with van der Waals surface area (Å²) in [6.45, 7) is 8.77. The van der Waals surface area contributed by atoms with Crippen LogP contribution in [0.2, 0.25) is 0 Å². The second kappa shape index (κ2) is 6.00. The molecule has 1 aromatic carbocycles. The molecule has 108 valence electrons. The molecule has 2 N–H and O–H groups in total. The SMILES string of the molecule is Cc1c(C(C)C)cc(CC[C@H](C)N)cc1C(C)(F)F. The quantitative estimate of drug-likeness (QED) is 0.836. The van der Waals surface area contributed by atoms with Crippen molar-refractivity contribution in [2.24, 2.45) is 5.73 Å². The molecule has 0 radical (unpaired) electrons. The van der Waals surface area contributed by atoms with E-state index in [0.29, 0.717) is 5.56 Å². The van der Waals surface area contributed by atoms with Crippen molar-refractivity contribution in [1.82, 2.24) is 0 Å².